The van der Waals surface area contributed by atoms with Gasteiger partial charge in [-0.1, -0.05) is 66.5 Å². The van der Waals surface area contributed by atoms with Gasteiger partial charge < -0.3 is 10.8 Å². The van der Waals surface area contributed by atoms with E-state index in [2.05, 4.69) is 0 Å². The quantitative estimate of drug-likeness (QED) is 0.864. The van der Waals surface area contributed by atoms with Gasteiger partial charge in [-0.05, 0) is 30.0 Å². The van der Waals surface area contributed by atoms with Crippen molar-refractivity contribution in [3.8, 4) is 0 Å². The Morgan fingerprint density at radius 3 is 2.19 bits per heavy atom. The number of nitrogens with two attached hydrogens (primary N) is 1. The second kappa shape index (κ2) is 7.28. The summed E-state index contributed by atoms with van der Waals surface area (Å²) in [5.74, 6) is 0.0659. The van der Waals surface area contributed by atoms with Crippen LogP contribution in [-0.2, 0) is 6.42 Å². The first-order valence-corrected chi connectivity index (χ1v) is 7.67. The van der Waals surface area contributed by atoms with Crippen molar-refractivity contribution in [3.63, 3.8) is 0 Å². The molecule has 0 fully saturated rings. The molecule has 0 spiro atoms. The molecule has 0 radical (unpaired) electrons. The van der Waals surface area contributed by atoms with E-state index in [9.17, 15) is 5.11 Å². The van der Waals surface area contributed by atoms with Gasteiger partial charge in [-0.25, -0.2) is 0 Å². The van der Waals surface area contributed by atoms with Crippen LogP contribution in [0.3, 0.4) is 0 Å². The number of aliphatic hydroxyl groups excluding tert-OH is 1. The molecule has 3 atom stereocenters. The van der Waals surface area contributed by atoms with Crippen molar-refractivity contribution in [2.75, 3.05) is 0 Å². The molecule has 21 heavy (non-hydrogen) atoms. The van der Waals surface area contributed by atoms with E-state index >= 15 is 0 Å². The maximum atomic E-state index is 10.4. The second-order valence-electron chi connectivity index (χ2n) is 5.32. The molecule has 0 bridgehead atoms. The largest absolute Gasteiger partial charge is 0.387 e. The summed E-state index contributed by atoms with van der Waals surface area (Å²) in [7, 11) is 0. The van der Waals surface area contributed by atoms with Crippen molar-refractivity contribution >= 4 is 23.2 Å². The summed E-state index contributed by atoms with van der Waals surface area (Å²) in [6.07, 6.45) is -0.0845. The lowest BCUT2D eigenvalue weighted by atomic mass is 9.88. The highest BCUT2D eigenvalue weighted by Crippen LogP contribution is 2.29. The second-order valence-corrected chi connectivity index (χ2v) is 6.13. The van der Waals surface area contributed by atoms with Crippen molar-refractivity contribution in [2.45, 2.75) is 25.5 Å². The van der Waals surface area contributed by atoms with Crippen LogP contribution in [0.1, 0.15) is 24.2 Å². The molecule has 0 aliphatic heterocycles. The maximum absolute atomic E-state index is 10.4. The Morgan fingerprint density at radius 2 is 1.57 bits per heavy atom. The highest BCUT2D eigenvalue weighted by atomic mass is 35.5. The Morgan fingerprint density at radius 1 is 1.00 bits per heavy atom. The fourth-order valence-electron chi connectivity index (χ4n) is 2.38. The highest BCUT2D eigenvalue weighted by molar-refractivity contribution is 6.31. The van der Waals surface area contributed by atoms with Crippen LogP contribution in [0.15, 0.2) is 48.5 Å². The Kier molecular flexibility index (Phi) is 5.65. The first-order valence-electron chi connectivity index (χ1n) is 6.92. The number of hydrogen-bond donors (Lipinski definition) is 2. The number of hydrogen-bond acceptors (Lipinski definition) is 2. The van der Waals surface area contributed by atoms with Crippen molar-refractivity contribution in [3.05, 3.63) is 69.7 Å². The molecule has 2 aromatic rings. The average Bonchev–Trinajstić information content (AvgIpc) is 2.48. The first kappa shape index (κ1) is 16.3. The molecule has 0 heterocycles. The lowest BCUT2D eigenvalue weighted by molar-refractivity contribution is 0.121. The van der Waals surface area contributed by atoms with Gasteiger partial charge in [-0.2, -0.15) is 0 Å². The minimum Gasteiger partial charge on any atom is -0.387 e. The van der Waals surface area contributed by atoms with E-state index in [-0.39, 0.29) is 5.92 Å². The predicted molar refractivity (Wildman–Crippen MR) is 88.7 cm³/mol. The molecule has 0 saturated heterocycles. The third kappa shape index (κ3) is 3.98. The third-order valence-electron chi connectivity index (χ3n) is 3.75. The van der Waals surface area contributed by atoms with Gasteiger partial charge in [-0.15, -0.1) is 0 Å². The van der Waals surface area contributed by atoms with Crippen LogP contribution in [0.25, 0.3) is 0 Å². The third-order valence-corrected chi connectivity index (χ3v) is 4.46. The van der Waals surface area contributed by atoms with E-state index in [0.717, 1.165) is 10.6 Å². The van der Waals surface area contributed by atoms with Crippen LogP contribution in [0, 0.1) is 5.92 Å². The number of rotatable bonds is 5. The van der Waals surface area contributed by atoms with E-state index < -0.39 is 12.1 Å². The molecule has 3 unspecified atom stereocenters. The maximum Gasteiger partial charge on any atom is 0.0957 e. The van der Waals surface area contributed by atoms with Gasteiger partial charge in [0.05, 0.1) is 6.10 Å². The zero-order chi connectivity index (χ0) is 15.4. The number of aliphatic hydroxyl groups is 1. The lowest BCUT2D eigenvalue weighted by Crippen LogP contribution is -2.36. The van der Waals surface area contributed by atoms with Gasteiger partial charge in [-0.3, -0.25) is 0 Å². The van der Waals surface area contributed by atoms with Crippen molar-refractivity contribution in [1.82, 2.24) is 0 Å². The topological polar surface area (TPSA) is 46.2 Å². The zero-order valence-corrected chi connectivity index (χ0v) is 13.4. The summed E-state index contributed by atoms with van der Waals surface area (Å²) in [5.41, 5.74) is 7.91. The molecule has 2 aromatic carbocycles. The van der Waals surface area contributed by atoms with Crippen molar-refractivity contribution < 1.29 is 5.11 Å². The summed E-state index contributed by atoms with van der Waals surface area (Å²) in [6.45, 7) is 2.01. The van der Waals surface area contributed by atoms with Crippen LogP contribution in [0.2, 0.25) is 10.0 Å². The molecular weight excluding hydrogens is 305 g/mol. The van der Waals surface area contributed by atoms with Crippen LogP contribution < -0.4 is 5.73 Å². The summed E-state index contributed by atoms with van der Waals surface area (Å²) in [6, 6.07) is 14.5. The Labute approximate surface area is 135 Å². The standard InChI is InChI=1S/C17H19Cl2NO/c1-11(10-12-6-2-4-8-14(12)18)16(20)17(21)13-7-3-5-9-15(13)19/h2-9,11,16-17,21H,10,20H2,1H3. The summed E-state index contributed by atoms with van der Waals surface area (Å²) in [5, 5.41) is 11.7. The van der Waals surface area contributed by atoms with E-state index in [1.807, 2.05) is 43.3 Å². The normalized spacial score (nSPS) is 15.5. The van der Waals surface area contributed by atoms with Crippen LogP contribution in [0.5, 0.6) is 0 Å². The Hall–Kier alpha value is -1.06. The van der Waals surface area contributed by atoms with Gasteiger partial charge in [0.2, 0.25) is 0 Å². The molecule has 2 nitrogen and oxygen atoms in total. The average molecular weight is 324 g/mol. The van der Waals surface area contributed by atoms with Gasteiger partial charge in [0.15, 0.2) is 0 Å². The molecule has 0 saturated carbocycles. The van der Waals surface area contributed by atoms with Gasteiger partial charge in [0.25, 0.3) is 0 Å². The van der Waals surface area contributed by atoms with Crippen molar-refractivity contribution in [1.29, 1.82) is 0 Å². The smallest absolute Gasteiger partial charge is 0.0957 e. The molecule has 3 N–H and O–H groups in total. The summed E-state index contributed by atoms with van der Waals surface area (Å²) < 4.78 is 0. The molecule has 2 rings (SSSR count). The van der Waals surface area contributed by atoms with Crippen LogP contribution >= 0.6 is 23.2 Å². The Balaban J connectivity index is 2.10. The van der Waals surface area contributed by atoms with Crippen LogP contribution in [0.4, 0.5) is 0 Å². The highest BCUT2D eigenvalue weighted by Gasteiger charge is 2.25. The molecule has 4 heteroatoms. The van der Waals surface area contributed by atoms with E-state index in [0.29, 0.717) is 17.0 Å². The summed E-state index contributed by atoms with van der Waals surface area (Å²) >= 11 is 12.3. The van der Waals surface area contributed by atoms with Crippen molar-refractivity contribution in [2.24, 2.45) is 11.7 Å². The molecule has 0 aliphatic rings. The fraction of sp³-hybridized carbons (Fsp3) is 0.294. The minimum atomic E-state index is -0.795. The molecule has 0 amide bonds. The predicted octanol–water partition coefficient (Wildman–Crippen LogP) is 4.23. The van der Waals surface area contributed by atoms with E-state index in [1.54, 1.807) is 12.1 Å². The molecule has 0 aromatic heterocycles. The van der Waals surface area contributed by atoms with Crippen LogP contribution in [-0.4, -0.2) is 11.1 Å². The Bertz CT molecular complexity index is 603. The monoisotopic (exact) mass is 323 g/mol. The molecule has 0 aliphatic carbocycles. The lowest BCUT2D eigenvalue weighted by Gasteiger charge is -2.26. The van der Waals surface area contributed by atoms with E-state index in [1.165, 1.54) is 0 Å². The van der Waals surface area contributed by atoms with E-state index in [4.69, 9.17) is 28.9 Å². The fourth-order valence-corrected chi connectivity index (χ4v) is 2.84. The zero-order valence-electron chi connectivity index (χ0n) is 11.8. The molecule has 112 valence electrons. The van der Waals surface area contributed by atoms with Gasteiger partial charge >= 0.3 is 0 Å². The number of halogens is 2. The number of benzene rings is 2. The molecular formula is C17H19Cl2NO. The summed E-state index contributed by atoms with van der Waals surface area (Å²) in [4.78, 5) is 0. The van der Waals surface area contributed by atoms with Gasteiger partial charge in [0.1, 0.15) is 0 Å². The first-order chi connectivity index (χ1) is 10.0. The minimum absolute atomic E-state index is 0.0659. The SMILES string of the molecule is CC(Cc1ccccc1Cl)C(N)C(O)c1ccccc1Cl. The van der Waals surface area contributed by atoms with Gasteiger partial charge in [0, 0.05) is 21.7 Å².